The van der Waals surface area contributed by atoms with Crippen LogP contribution in [0.1, 0.15) is 5.56 Å². The van der Waals surface area contributed by atoms with Crippen molar-refractivity contribution in [1.82, 2.24) is 14.6 Å². The maximum Gasteiger partial charge on any atom is 0.154 e. The molecule has 0 unspecified atom stereocenters. The molecule has 26 heavy (non-hydrogen) atoms. The molecule has 5 nitrogen and oxygen atoms in total. The van der Waals surface area contributed by atoms with Crippen molar-refractivity contribution >= 4 is 17.2 Å². The summed E-state index contributed by atoms with van der Waals surface area (Å²) in [5.41, 5.74) is 9.07. The molecule has 0 atom stereocenters. The zero-order valence-corrected chi connectivity index (χ0v) is 13.7. The van der Waals surface area contributed by atoms with Crippen molar-refractivity contribution in [3.05, 3.63) is 78.0 Å². The molecular formula is C19H15F2N5. The number of nitrogens with one attached hydrogen (secondary N) is 1. The lowest BCUT2D eigenvalue weighted by Crippen LogP contribution is -2.06. The summed E-state index contributed by atoms with van der Waals surface area (Å²) in [6.07, 6.45) is 1.72. The lowest BCUT2D eigenvalue weighted by molar-refractivity contribution is 0.587. The summed E-state index contributed by atoms with van der Waals surface area (Å²) in [6.45, 7) is 0.115. The second-order valence-electron chi connectivity index (χ2n) is 5.85. The highest BCUT2D eigenvalue weighted by Crippen LogP contribution is 2.23. The molecule has 2 aromatic heterocycles. The summed E-state index contributed by atoms with van der Waals surface area (Å²) in [4.78, 5) is 4.33. The van der Waals surface area contributed by atoms with E-state index in [1.54, 1.807) is 28.9 Å². The Morgan fingerprint density at radius 3 is 2.77 bits per heavy atom. The molecule has 0 amide bonds. The molecular weight excluding hydrogens is 336 g/mol. The Kier molecular flexibility index (Phi) is 3.96. The highest BCUT2D eigenvalue weighted by atomic mass is 19.1. The molecule has 0 aliphatic heterocycles. The standard InChI is InChI=1S/C19H15F2N5/c20-14-4-5-16(21)13(8-14)10-23-18-6-7-19-24-11-17(26(19)25-18)12-2-1-3-15(22)9-12/h1-9,11H,10,22H2,(H,23,25). The molecule has 2 aromatic carbocycles. The number of nitrogens with two attached hydrogens (primary N) is 1. The van der Waals surface area contributed by atoms with Crippen LogP contribution in [0.25, 0.3) is 16.9 Å². The third kappa shape index (κ3) is 3.06. The molecule has 3 N–H and O–H groups in total. The van der Waals surface area contributed by atoms with E-state index in [2.05, 4.69) is 15.4 Å². The average Bonchev–Trinajstić information content (AvgIpc) is 3.06. The minimum absolute atomic E-state index is 0.115. The number of aromatic nitrogens is 3. The van der Waals surface area contributed by atoms with E-state index in [-0.39, 0.29) is 12.1 Å². The van der Waals surface area contributed by atoms with Crippen LogP contribution >= 0.6 is 0 Å². The molecule has 0 radical (unpaired) electrons. The molecule has 4 rings (SSSR count). The second kappa shape index (κ2) is 6.44. The van der Waals surface area contributed by atoms with Crippen molar-refractivity contribution in [2.45, 2.75) is 6.54 Å². The van der Waals surface area contributed by atoms with E-state index in [0.717, 1.165) is 29.5 Å². The predicted octanol–water partition coefficient (Wildman–Crippen LogP) is 3.87. The molecule has 0 saturated carbocycles. The first-order valence-electron chi connectivity index (χ1n) is 7.99. The first-order valence-corrected chi connectivity index (χ1v) is 7.99. The molecule has 0 aliphatic carbocycles. The fourth-order valence-corrected chi connectivity index (χ4v) is 2.73. The van der Waals surface area contributed by atoms with E-state index < -0.39 is 11.6 Å². The third-order valence-corrected chi connectivity index (χ3v) is 4.01. The minimum Gasteiger partial charge on any atom is -0.399 e. The van der Waals surface area contributed by atoms with Crippen LogP contribution in [0.3, 0.4) is 0 Å². The molecule has 2 heterocycles. The van der Waals surface area contributed by atoms with E-state index in [1.165, 1.54) is 0 Å². The van der Waals surface area contributed by atoms with Gasteiger partial charge < -0.3 is 11.1 Å². The fourth-order valence-electron chi connectivity index (χ4n) is 2.73. The van der Waals surface area contributed by atoms with Crippen molar-refractivity contribution in [3.8, 4) is 11.3 Å². The third-order valence-electron chi connectivity index (χ3n) is 4.01. The van der Waals surface area contributed by atoms with Crippen LogP contribution in [-0.2, 0) is 6.54 Å². The Labute approximate surface area is 148 Å². The van der Waals surface area contributed by atoms with Gasteiger partial charge in [-0.15, -0.1) is 5.10 Å². The van der Waals surface area contributed by atoms with Gasteiger partial charge in [-0.3, -0.25) is 0 Å². The number of fused-ring (bicyclic) bond motifs is 1. The number of benzene rings is 2. The molecule has 0 bridgehead atoms. The predicted molar refractivity (Wildman–Crippen MR) is 96.5 cm³/mol. The number of nitrogens with zero attached hydrogens (tertiary/aromatic N) is 3. The van der Waals surface area contributed by atoms with Crippen LogP contribution in [0.4, 0.5) is 20.3 Å². The molecule has 0 fully saturated rings. The smallest absolute Gasteiger partial charge is 0.154 e. The topological polar surface area (TPSA) is 68.2 Å². The fraction of sp³-hybridized carbons (Fsp3) is 0.0526. The molecule has 7 heteroatoms. The number of hydrogen-bond acceptors (Lipinski definition) is 4. The Hall–Kier alpha value is -3.48. The first kappa shape index (κ1) is 16.0. The maximum absolute atomic E-state index is 13.7. The van der Waals surface area contributed by atoms with Crippen molar-refractivity contribution in [2.24, 2.45) is 0 Å². The van der Waals surface area contributed by atoms with E-state index in [9.17, 15) is 8.78 Å². The number of anilines is 2. The van der Waals surface area contributed by atoms with Gasteiger partial charge in [0.25, 0.3) is 0 Å². The monoisotopic (exact) mass is 351 g/mol. The van der Waals surface area contributed by atoms with Gasteiger partial charge in [-0.2, -0.15) is 0 Å². The molecule has 4 aromatic rings. The van der Waals surface area contributed by atoms with E-state index in [4.69, 9.17) is 5.73 Å². The van der Waals surface area contributed by atoms with Crippen molar-refractivity contribution in [1.29, 1.82) is 0 Å². The van der Waals surface area contributed by atoms with Gasteiger partial charge in [-0.1, -0.05) is 12.1 Å². The Morgan fingerprint density at radius 1 is 1.04 bits per heavy atom. The van der Waals surface area contributed by atoms with Gasteiger partial charge in [-0.25, -0.2) is 18.3 Å². The van der Waals surface area contributed by atoms with Crippen LogP contribution in [0.5, 0.6) is 0 Å². The quantitative estimate of drug-likeness (QED) is 0.548. The maximum atomic E-state index is 13.7. The van der Waals surface area contributed by atoms with Gasteiger partial charge in [-0.05, 0) is 42.5 Å². The zero-order valence-electron chi connectivity index (χ0n) is 13.7. The normalized spacial score (nSPS) is 11.0. The Morgan fingerprint density at radius 2 is 1.92 bits per heavy atom. The van der Waals surface area contributed by atoms with Crippen LogP contribution in [-0.4, -0.2) is 14.6 Å². The minimum atomic E-state index is -0.481. The number of nitrogen functional groups attached to an aromatic ring is 1. The van der Waals surface area contributed by atoms with Crippen LogP contribution in [0.15, 0.2) is 60.8 Å². The Balaban J connectivity index is 1.65. The number of rotatable bonds is 4. The highest BCUT2D eigenvalue weighted by molar-refractivity contribution is 5.67. The van der Waals surface area contributed by atoms with E-state index in [0.29, 0.717) is 17.2 Å². The van der Waals surface area contributed by atoms with Crippen LogP contribution in [0.2, 0.25) is 0 Å². The molecule has 0 spiro atoms. The van der Waals surface area contributed by atoms with Gasteiger partial charge in [0.1, 0.15) is 17.5 Å². The summed E-state index contributed by atoms with van der Waals surface area (Å²) in [5.74, 6) is -0.433. The summed E-state index contributed by atoms with van der Waals surface area (Å²) in [7, 11) is 0. The zero-order chi connectivity index (χ0) is 18.1. The largest absolute Gasteiger partial charge is 0.399 e. The SMILES string of the molecule is Nc1cccc(-c2cnc3ccc(NCc4cc(F)ccc4F)nn23)c1. The second-order valence-corrected chi connectivity index (χ2v) is 5.85. The lowest BCUT2D eigenvalue weighted by Gasteiger charge is -2.08. The molecule has 0 saturated heterocycles. The van der Waals surface area contributed by atoms with Crippen molar-refractivity contribution < 1.29 is 8.78 Å². The average molecular weight is 351 g/mol. The van der Waals surface area contributed by atoms with Crippen molar-refractivity contribution in [3.63, 3.8) is 0 Å². The molecule has 0 aliphatic rings. The number of halogens is 2. The molecule has 130 valence electrons. The summed E-state index contributed by atoms with van der Waals surface area (Å²) >= 11 is 0. The summed E-state index contributed by atoms with van der Waals surface area (Å²) in [5, 5.41) is 7.50. The number of imidazole rings is 1. The Bertz CT molecular complexity index is 1090. The van der Waals surface area contributed by atoms with Gasteiger partial charge in [0.15, 0.2) is 5.65 Å². The number of hydrogen-bond donors (Lipinski definition) is 2. The van der Waals surface area contributed by atoms with Gasteiger partial charge in [0.2, 0.25) is 0 Å². The van der Waals surface area contributed by atoms with Crippen LogP contribution < -0.4 is 11.1 Å². The van der Waals surface area contributed by atoms with Gasteiger partial charge in [0.05, 0.1) is 11.9 Å². The summed E-state index contributed by atoms with van der Waals surface area (Å²) in [6, 6.07) is 14.3. The summed E-state index contributed by atoms with van der Waals surface area (Å²) < 4.78 is 28.7. The lowest BCUT2D eigenvalue weighted by atomic mass is 10.1. The van der Waals surface area contributed by atoms with Gasteiger partial charge >= 0.3 is 0 Å². The van der Waals surface area contributed by atoms with Crippen molar-refractivity contribution in [2.75, 3.05) is 11.1 Å². The van der Waals surface area contributed by atoms with E-state index in [1.807, 2.05) is 18.2 Å². The van der Waals surface area contributed by atoms with Gasteiger partial charge in [0, 0.05) is 23.4 Å². The van der Waals surface area contributed by atoms with Crippen LogP contribution in [0, 0.1) is 11.6 Å². The highest BCUT2D eigenvalue weighted by Gasteiger charge is 2.09. The first-order chi connectivity index (χ1) is 12.6. The van der Waals surface area contributed by atoms with E-state index >= 15 is 0 Å².